The zero-order valence-corrected chi connectivity index (χ0v) is 17.4. The Labute approximate surface area is 171 Å². The Bertz CT molecular complexity index is 809. The normalized spacial score (nSPS) is 11.3. The summed E-state index contributed by atoms with van der Waals surface area (Å²) >= 11 is 5.38. The molecule has 0 spiro atoms. The molecular formula is C21H26N2O4S. The third-order valence-electron chi connectivity index (χ3n) is 3.92. The Morgan fingerprint density at radius 3 is 2.43 bits per heavy atom. The summed E-state index contributed by atoms with van der Waals surface area (Å²) < 4.78 is 15.9. The van der Waals surface area contributed by atoms with Crippen LogP contribution in [0.5, 0.6) is 11.5 Å². The number of esters is 1. The first kappa shape index (κ1) is 21.5. The fraction of sp³-hybridized carbons (Fsp3) is 0.333. The van der Waals surface area contributed by atoms with Crippen LogP contribution in [0.25, 0.3) is 0 Å². The SMILES string of the molecule is CCOC(=O)c1ccc(NC(=S)N[C@H](C)COc2ccc(OC)cc2)c(C)c1. The minimum absolute atomic E-state index is 0.00112. The first-order valence-electron chi connectivity index (χ1n) is 9.05. The number of benzene rings is 2. The Balaban J connectivity index is 1.84. The molecule has 0 aromatic heterocycles. The van der Waals surface area contributed by atoms with Gasteiger partial charge < -0.3 is 24.8 Å². The molecule has 0 unspecified atom stereocenters. The summed E-state index contributed by atoms with van der Waals surface area (Å²) in [4.78, 5) is 11.8. The Hall–Kier alpha value is -2.80. The molecule has 2 aromatic rings. The topological polar surface area (TPSA) is 68.8 Å². The van der Waals surface area contributed by atoms with Crippen molar-refractivity contribution < 1.29 is 19.0 Å². The predicted octanol–water partition coefficient (Wildman–Crippen LogP) is 3.93. The lowest BCUT2D eigenvalue weighted by Gasteiger charge is -2.18. The van der Waals surface area contributed by atoms with Gasteiger partial charge in [-0.25, -0.2) is 4.79 Å². The van der Waals surface area contributed by atoms with Crippen LogP contribution in [0.3, 0.4) is 0 Å². The van der Waals surface area contributed by atoms with Gasteiger partial charge in [0.1, 0.15) is 18.1 Å². The molecule has 0 aliphatic carbocycles. The van der Waals surface area contributed by atoms with E-state index in [9.17, 15) is 4.79 Å². The smallest absolute Gasteiger partial charge is 0.338 e. The summed E-state index contributed by atoms with van der Waals surface area (Å²) in [5.41, 5.74) is 2.25. The molecule has 6 nitrogen and oxygen atoms in total. The molecule has 0 aliphatic rings. The molecule has 0 heterocycles. The van der Waals surface area contributed by atoms with Crippen LogP contribution >= 0.6 is 12.2 Å². The van der Waals surface area contributed by atoms with Crippen molar-refractivity contribution in [3.63, 3.8) is 0 Å². The average molecular weight is 403 g/mol. The van der Waals surface area contributed by atoms with Gasteiger partial charge in [0, 0.05) is 5.69 Å². The van der Waals surface area contributed by atoms with Crippen LogP contribution < -0.4 is 20.1 Å². The number of thiocarbonyl (C=S) groups is 1. The molecule has 7 heteroatoms. The van der Waals surface area contributed by atoms with Crippen molar-refractivity contribution in [3.8, 4) is 11.5 Å². The van der Waals surface area contributed by atoms with Gasteiger partial charge in [0.2, 0.25) is 0 Å². The van der Waals surface area contributed by atoms with E-state index in [1.807, 2.05) is 44.2 Å². The second-order valence-corrected chi connectivity index (χ2v) is 6.64. The van der Waals surface area contributed by atoms with E-state index in [4.69, 9.17) is 26.4 Å². The van der Waals surface area contributed by atoms with Crippen molar-refractivity contribution in [1.82, 2.24) is 5.32 Å². The number of methoxy groups -OCH3 is 1. The van der Waals surface area contributed by atoms with Crippen LogP contribution in [0.15, 0.2) is 42.5 Å². The van der Waals surface area contributed by atoms with Gasteiger partial charge >= 0.3 is 5.97 Å². The third kappa shape index (κ3) is 6.42. The first-order valence-corrected chi connectivity index (χ1v) is 9.46. The molecule has 2 aromatic carbocycles. The molecule has 2 rings (SSSR count). The summed E-state index contributed by atoms with van der Waals surface area (Å²) in [6.07, 6.45) is 0. The highest BCUT2D eigenvalue weighted by Crippen LogP contribution is 2.18. The number of hydrogen-bond donors (Lipinski definition) is 2. The Morgan fingerprint density at radius 1 is 1.14 bits per heavy atom. The molecular weight excluding hydrogens is 376 g/mol. The van der Waals surface area contributed by atoms with E-state index in [-0.39, 0.29) is 12.0 Å². The fourth-order valence-corrected chi connectivity index (χ4v) is 2.77. The van der Waals surface area contributed by atoms with Crippen molar-refractivity contribution in [3.05, 3.63) is 53.6 Å². The maximum atomic E-state index is 11.8. The second-order valence-electron chi connectivity index (χ2n) is 6.24. The number of anilines is 1. The maximum absolute atomic E-state index is 11.8. The number of rotatable bonds is 8. The molecule has 0 aliphatic heterocycles. The van der Waals surface area contributed by atoms with Crippen LogP contribution in [-0.2, 0) is 4.74 Å². The molecule has 0 radical (unpaired) electrons. The number of aryl methyl sites for hydroxylation is 1. The van der Waals surface area contributed by atoms with Gasteiger partial charge in [-0.05, 0) is 81.0 Å². The second kappa shape index (κ2) is 10.5. The standard InChI is InChI=1S/C21H26N2O4S/c1-5-26-20(24)16-6-11-19(14(2)12-16)23-21(28)22-15(3)13-27-18-9-7-17(25-4)8-10-18/h6-12,15H,5,13H2,1-4H3,(H2,22,23,28)/t15-/m1/s1. The van der Waals surface area contributed by atoms with Crippen molar-refractivity contribution in [2.24, 2.45) is 0 Å². The first-order chi connectivity index (χ1) is 13.4. The third-order valence-corrected chi connectivity index (χ3v) is 4.14. The van der Waals surface area contributed by atoms with Gasteiger partial charge in [0.15, 0.2) is 5.11 Å². The van der Waals surface area contributed by atoms with E-state index in [0.717, 1.165) is 22.7 Å². The number of ether oxygens (including phenoxy) is 3. The van der Waals surface area contributed by atoms with Crippen LogP contribution in [0.2, 0.25) is 0 Å². The van der Waals surface area contributed by atoms with E-state index < -0.39 is 0 Å². The van der Waals surface area contributed by atoms with Crippen molar-refractivity contribution in [2.75, 3.05) is 25.6 Å². The van der Waals surface area contributed by atoms with E-state index in [2.05, 4.69) is 10.6 Å². The van der Waals surface area contributed by atoms with Gasteiger partial charge in [0.25, 0.3) is 0 Å². The minimum Gasteiger partial charge on any atom is -0.497 e. The molecule has 150 valence electrons. The summed E-state index contributed by atoms with van der Waals surface area (Å²) in [6.45, 7) is 6.47. The van der Waals surface area contributed by atoms with E-state index in [1.165, 1.54) is 0 Å². The monoisotopic (exact) mass is 402 g/mol. The molecule has 0 amide bonds. The zero-order valence-electron chi connectivity index (χ0n) is 16.6. The lowest BCUT2D eigenvalue weighted by molar-refractivity contribution is 0.0526. The van der Waals surface area contributed by atoms with Crippen LogP contribution in [0.1, 0.15) is 29.8 Å². The zero-order chi connectivity index (χ0) is 20.5. The summed E-state index contributed by atoms with van der Waals surface area (Å²) in [6, 6.07) is 12.7. The quantitative estimate of drug-likeness (QED) is 0.512. The minimum atomic E-state index is -0.331. The fourth-order valence-electron chi connectivity index (χ4n) is 2.46. The number of carbonyl (C=O) groups excluding carboxylic acids is 1. The summed E-state index contributed by atoms with van der Waals surface area (Å²) in [5, 5.41) is 6.82. The summed E-state index contributed by atoms with van der Waals surface area (Å²) in [7, 11) is 1.63. The highest BCUT2D eigenvalue weighted by atomic mass is 32.1. The highest BCUT2D eigenvalue weighted by Gasteiger charge is 2.10. The Morgan fingerprint density at radius 2 is 1.82 bits per heavy atom. The predicted molar refractivity (Wildman–Crippen MR) is 114 cm³/mol. The van der Waals surface area contributed by atoms with Gasteiger partial charge in [-0.1, -0.05) is 0 Å². The molecule has 2 N–H and O–H groups in total. The van der Waals surface area contributed by atoms with Gasteiger partial charge in [0.05, 0.1) is 25.3 Å². The van der Waals surface area contributed by atoms with Gasteiger partial charge in [-0.2, -0.15) is 0 Å². The van der Waals surface area contributed by atoms with Crippen molar-refractivity contribution in [2.45, 2.75) is 26.8 Å². The average Bonchev–Trinajstić information content (AvgIpc) is 2.68. The highest BCUT2D eigenvalue weighted by molar-refractivity contribution is 7.80. The lowest BCUT2D eigenvalue weighted by atomic mass is 10.1. The molecule has 0 fully saturated rings. The van der Waals surface area contributed by atoms with Gasteiger partial charge in [-0.3, -0.25) is 0 Å². The van der Waals surface area contributed by atoms with Crippen molar-refractivity contribution in [1.29, 1.82) is 0 Å². The molecule has 28 heavy (non-hydrogen) atoms. The Kier molecular flexibility index (Phi) is 8.07. The molecule has 0 bridgehead atoms. The van der Waals surface area contributed by atoms with E-state index >= 15 is 0 Å². The maximum Gasteiger partial charge on any atom is 0.338 e. The molecule has 0 saturated heterocycles. The van der Waals surface area contributed by atoms with Gasteiger partial charge in [-0.15, -0.1) is 0 Å². The molecule has 1 atom stereocenters. The summed E-state index contributed by atoms with van der Waals surface area (Å²) in [5.74, 6) is 1.22. The molecule has 0 saturated carbocycles. The largest absolute Gasteiger partial charge is 0.497 e. The number of carbonyl (C=O) groups is 1. The number of hydrogen-bond acceptors (Lipinski definition) is 5. The lowest BCUT2D eigenvalue weighted by Crippen LogP contribution is -2.39. The van der Waals surface area contributed by atoms with Crippen LogP contribution in [0, 0.1) is 6.92 Å². The van der Waals surface area contributed by atoms with E-state index in [0.29, 0.717) is 23.9 Å². The van der Waals surface area contributed by atoms with Crippen LogP contribution in [0.4, 0.5) is 5.69 Å². The number of nitrogens with one attached hydrogen (secondary N) is 2. The van der Waals surface area contributed by atoms with Crippen LogP contribution in [-0.4, -0.2) is 37.4 Å². The van der Waals surface area contributed by atoms with Crippen molar-refractivity contribution >= 4 is 29.0 Å². The van der Waals surface area contributed by atoms with E-state index in [1.54, 1.807) is 26.2 Å².